The van der Waals surface area contributed by atoms with E-state index in [-0.39, 0.29) is 10.8 Å². The first-order valence-corrected chi connectivity index (χ1v) is 9.76. The minimum absolute atomic E-state index is 0.215. The molecule has 1 aliphatic rings. The average Bonchev–Trinajstić information content (AvgIpc) is 3.19. The number of aryl methyl sites for hydroxylation is 1. The zero-order valence-corrected chi connectivity index (χ0v) is 14.4. The van der Waals surface area contributed by atoms with E-state index in [2.05, 4.69) is 5.32 Å². The Kier molecular flexibility index (Phi) is 4.52. The van der Waals surface area contributed by atoms with E-state index in [1.807, 2.05) is 18.4 Å². The standard InChI is InChI=1S/C16H18N2O3S2/c1-12-7-10-22-15(12)16(19)17-13-5-4-6-14(11-13)23(20,21)18-8-2-3-9-18/h4-7,10-11H,2-3,8-9H2,1H3,(H,17,19). The maximum Gasteiger partial charge on any atom is 0.265 e. The van der Waals surface area contributed by atoms with E-state index in [1.54, 1.807) is 18.2 Å². The van der Waals surface area contributed by atoms with E-state index in [0.29, 0.717) is 23.7 Å². The molecule has 1 fully saturated rings. The Morgan fingerprint density at radius 2 is 1.96 bits per heavy atom. The fourth-order valence-electron chi connectivity index (χ4n) is 2.61. The molecule has 1 amide bonds. The first-order valence-electron chi connectivity index (χ1n) is 7.44. The smallest absolute Gasteiger partial charge is 0.265 e. The number of amides is 1. The number of carbonyl (C=O) groups is 1. The fraction of sp³-hybridized carbons (Fsp3) is 0.312. The molecule has 122 valence electrons. The van der Waals surface area contributed by atoms with Crippen molar-refractivity contribution in [1.29, 1.82) is 0 Å². The molecule has 2 aromatic rings. The summed E-state index contributed by atoms with van der Waals surface area (Å²) in [4.78, 5) is 13.1. The van der Waals surface area contributed by atoms with E-state index in [0.717, 1.165) is 18.4 Å². The molecule has 0 atom stereocenters. The van der Waals surface area contributed by atoms with Crippen molar-refractivity contribution in [3.8, 4) is 0 Å². The van der Waals surface area contributed by atoms with Crippen molar-refractivity contribution in [2.75, 3.05) is 18.4 Å². The number of sulfonamides is 1. The number of nitrogens with one attached hydrogen (secondary N) is 1. The minimum Gasteiger partial charge on any atom is -0.321 e. The number of rotatable bonds is 4. The predicted molar refractivity (Wildman–Crippen MR) is 91.4 cm³/mol. The van der Waals surface area contributed by atoms with Gasteiger partial charge < -0.3 is 5.32 Å². The summed E-state index contributed by atoms with van der Waals surface area (Å²) >= 11 is 1.37. The summed E-state index contributed by atoms with van der Waals surface area (Å²) < 4.78 is 26.6. The summed E-state index contributed by atoms with van der Waals surface area (Å²) in [6, 6.07) is 8.33. The normalized spacial score (nSPS) is 15.7. The van der Waals surface area contributed by atoms with Crippen LogP contribution < -0.4 is 5.32 Å². The molecule has 0 unspecified atom stereocenters. The maximum absolute atomic E-state index is 12.6. The molecule has 5 nitrogen and oxygen atoms in total. The lowest BCUT2D eigenvalue weighted by Crippen LogP contribution is -2.27. The molecule has 1 aliphatic heterocycles. The lowest BCUT2D eigenvalue weighted by atomic mass is 10.2. The van der Waals surface area contributed by atoms with Crippen LogP contribution in [0.4, 0.5) is 5.69 Å². The van der Waals surface area contributed by atoms with Gasteiger partial charge in [-0.3, -0.25) is 4.79 Å². The van der Waals surface area contributed by atoms with Crippen LogP contribution in [0.2, 0.25) is 0 Å². The number of benzene rings is 1. The molecular formula is C16H18N2O3S2. The van der Waals surface area contributed by atoms with E-state index in [4.69, 9.17) is 0 Å². The zero-order valence-electron chi connectivity index (χ0n) is 12.8. The third-order valence-corrected chi connectivity index (χ3v) is 6.77. The van der Waals surface area contributed by atoms with E-state index < -0.39 is 10.0 Å². The SMILES string of the molecule is Cc1ccsc1C(=O)Nc1cccc(S(=O)(=O)N2CCCC2)c1. The van der Waals surface area contributed by atoms with E-state index in [9.17, 15) is 13.2 Å². The Labute approximate surface area is 140 Å². The largest absolute Gasteiger partial charge is 0.321 e. The Balaban J connectivity index is 1.83. The lowest BCUT2D eigenvalue weighted by molar-refractivity contribution is 0.103. The van der Waals surface area contributed by atoms with Gasteiger partial charge in [0.2, 0.25) is 10.0 Å². The Hall–Kier alpha value is -1.70. The van der Waals surface area contributed by atoms with Crippen LogP contribution in [-0.2, 0) is 10.0 Å². The van der Waals surface area contributed by atoms with Gasteiger partial charge in [0.1, 0.15) is 0 Å². The summed E-state index contributed by atoms with van der Waals surface area (Å²) in [6.45, 7) is 3.00. The van der Waals surface area contributed by atoms with Crippen LogP contribution in [0.1, 0.15) is 28.1 Å². The monoisotopic (exact) mass is 350 g/mol. The van der Waals surface area contributed by atoms with Crippen molar-refractivity contribution < 1.29 is 13.2 Å². The first kappa shape index (κ1) is 16.2. The quantitative estimate of drug-likeness (QED) is 0.921. The Bertz CT molecular complexity index is 821. The van der Waals surface area contributed by atoms with E-state index in [1.165, 1.54) is 21.7 Å². The number of hydrogen-bond acceptors (Lipinski definition) is 4. The molecular weight excluding hydrogens is 332 g/mol. The van der Waals surface area contributed by atoms with Crippen LogP contribution in [0.15, 0.2) is 40.6 Å². The highest BCUT2D eigenvalue weighted by atomic mass is 32.2. The number of thiophene rings is 1. The number of nitrogens with zero attached hydrogens (tertiary/aromatic N) is 1. The topological polar surface area (TPSA) is 66.5 Å². The second kappa shape index (κ2) is 6.43. The van der Waals surface area contributed by atoms with Crippen molar-refractivity contribution in [3.63, 3.8) is 0 Å². The van der Waals surface area contributed by atoms with Gasteiger partial charge in [0.15, 0.2) is 0 Å². The van der Waals surface area contributed by atoms with Gasteiger partial charge in [-0.05, 0) is 55.0 Å². The number of carbonyl (C=O) groups excluding carboxylic acids is 1. The molecule has 0 radical (unpaired) electrons. The molecule has 0 aliphatic carbocycles. The molecule has 0 spiro atoms. The van der Waals surface area contributed by atoms with Gasteiger partial charge in [-0.1, -0.05) is 6.07 Å². The van der Waals surface area contributed by atoms with Crippen molar-refractivity contribution >= 4 is 33.0 Å². The van der Waals surface area contributed by atoms with Crippen LogP contribution in [0.3, 0.4) is 0 Å². The highest BCUT2D eigenvalue weighted by Crippen LogP contribution is 2.24. The molecule has 1 aromatic carbocycles. The third-order valence-electron chi connectivity index (χ3n) is 3.86. The molecule has 23 heavy (non-hydrogen) atoms. The highest BCUT2D eigenvalue weighted by molar-refractivity contribution is 7.89. The summed E-state index contributed by atoms with van der Waals surface area (Å²) in [6.07, 6.45) is 1.79. The van der Waals surface area contributed by atoms with Crippen LogP contribution >= 0.6 is 11.3 Å². The highest BCUT2D eigenvalue weighted by Gasteiger charge is 2.27. The maximum atomic E-state index is 12.6. The lowest BCUT2D eigenvalue weighted by Gasteiger charge is -2.16. The second-order valence-electron chi connectivity index (χ2n) is 5.53. The van der Waals surface area contributed by atoms with Gasteiger partial charge in [-0.2, -0.15) is 4.31 Å². The summed E-state index contributed by atoms with van der Waals surface area (Å²) in [5.41, 5.74) is 1.40. The van der Waals surface area contributed by atoms with Crippen molar-refractivity contribution in [3.05, 3.63) is 46.2 Å². The third kappa shape index (κ3) is 3.31. The van der Waals surface area contributed by atoms with Gasteiger partial charge in [0, 0.05) is 18.8 Å². The van der Waals surface area contributed by atoms with Crippen LogP contribution in [0.5, 0.6) is 0 Å². The summed E-state index contributed by atoms with van der Waals surface area (Å²) in [5, 5.41) is 4.64. The Morgan fingerprint density at radius 3 is 2.61 bits per heavy atom. The molecule has 3 rings (SSSR count). The van der Waals surface area contributed by atoms with Crippen molar-refractivity contribution in [1.82, 2.24) is 4.31 Å². The van der Waals surface area contributed by atoms with Crippen LogP contribution in [0, 0.1) is 6.92 Å². The van der Waals surface area contributed by atoms with Crippen molar-refractivity contribution in [2.24, 2.45) is 0 Å². The van der Waals surface area contributed by atoms with Gasteiger partial charge in [0.05, 0.1) is 9.77 Å². The molecule has 0 saturated carbocycles. The minimum atomic E-state index is -3.47. The fourth-order valence-corrected chi connectivity index (χ4v) is 4.99. The second-order valence-corrected chi connectivity index (χ2v) is 8.38. The summed E-state index contributed by atoms with van der Waals surface area (Å²) in [7, 11) is -3.47. The van der Waals surface area contributed by atoms with Gasteiger partial charge >= 0.3 is 0 Å². The summed E-state index contributed by atoms with van der Waals surface area (Å²) in [5.74, 6) is -0.215. The van der Waals surface area contributed by atoms with Crippen molar-refractivity contribution in [2.45, 2.75) is 24.7 Å². The molecule has 1 N–H and O–H groups in total. The van der Waals surface area contributed by atoms with E-state index >= 15 is 0 Å². The zero-order chi connectivity index (χ0) is 16.4. The average molecular weight is 350 g/mol. The number of anilines is 1. The Morgan fingerprint density at radius 1 is 1.22 bits per heavy atom. The predicted octanol–water partition coefficient (Wildman–Crippen LogP) is 3.09. The number of hydrogen-bond donors (Lipinski definition) is 1. The van der Waals surface area contributed by atoms with Gasteiger partial charge in [0.25, 0.3) is 5.91 Å². The molecule has 0 bridgehead atoms. The van der Waals surface area contributed by atoms with Crippen LogP contribution in [0.25, 0.3) is 0 Å². The molecule has 7 heteroatoms. The first-order chi connectivity index (χ1) is 11.0. The molecule has 1 saturated heterocycles. The van der Waals surface area contributed by atoms with Crippen LogP contribution in [-0.4, -0.2) is 31.7 Å². The van der Waals surface area contributed by atoms with Gasteiger partial charge in [-0.25, -0.2) is 8.42 Å². The molecule has 2 heterocycles. The van der Waals surface area contributed by atoms with Gasteiger partial charge in [-0.15, -0.1) is 11.3 Å². The molecule has 1 aromatic heterocycles.